The Morgan fingerprint density at radius 3 is 1.66 bits per heavy atom. The maximum absolute atomic E-state index is 4.86. The lowest BCUT2D eigenvalue weighted by Crippen LogP contribution is -1.96. The van der Waals surface area contributed by atoms with Crippen molar-refractivity contribution in [2.24, 2.45) is 0 Å². The molecule has 2 aromatic carbocycles. The summed E-state index contributed by atoms with van der Waals surface area (Å²) in [4.78, 5) is 18.2. The van der Waals surface area contributed by atoms with Gasteiger partial charge in [0.25, 0.3) is 0 Å². The van der Waals surface area contributed by atoms with Crippen LogP contribution in [0.2, 0.25) is 0 Å². The Kier molecular flexibility index (Phi) is 5.88. The van der Waals surface area contributed by atoms with E-state index >= 15 is 0 Å². The normalized spacial score (nSPS) is 10.8. The first-order valence-electron chi connectivity index (χ1n) is 9.92. The van der Waals surface area contributed by atoms with Gasteiger partial charge in [0.15, 0.2) is 5.82 Å². The molecule has 3 aromatic heterocycles. The molecule has 0 N–H and O–H groups in total. The number of hydrogen-bond donors (Lipinski definition) is 0. The van der Waals surface area contributed by atoms with Gasteiger partial charge in [-0.1, -0.05) is 62.2 Å². The van der Waals surface area contributed by atoms with Crippen LogP contribution in [0.15, 0.2) is 107 Å². The van der Waals surface area contributed by atoms with E-state index in [0.717, 1.165) is 48.2 Å². The number of benzene rings is 2. The van der Waals surface area contributed by atoms with E-state index in [1.165, 1.54) is 0 Å². The van der Waals surface area contributed by atoms with E-state index < -0.39 is 0 Å². The third kappa shape index (κ3) is 4.52. The molecule has 32 heavy (non-hydrogen) atoms. The van der Waals surface area contributed by atoms with Crippen molar-refractivity contribution in [1.29, 1.82) is 0 Å². The van der Waals surface area contributed by atoms with Crippen molar-refractivity contribution < 1.29 is 0 Å². The molecule has 154 valence electrons. The fourth-order valence-electron chi connectivity index (χ4n) is 3.44. The quantitative estimate of drug-likeness (QED) is 0.236. The van der Waals surface area contributed by atoms with Crippen LogP contribution in [0.25, 0.3) is 45.0 Å². The molecule has 0 spiro atoms. The molecule has 0 unspecified atom stereocenters. The fourth-order valence-corrected chi connectivity index (χ4v) is 4.73. The highest BCUT2D eigenvalue weighted by atomic mass is 79.9. The van der Waals surface area contributed by atoms with Gasteiger partial charge >= 0.3 is 0 Å². The van der Waals surface area contributed by atoms with Crippen molar-refractivity contribution in [2.45, 2.75) is 0 Å². The first-order chi connectivity index (χ1) is 15.7. The Bertz CT molecular complexity index is 1350. The zero-order valence-electron chi connectivity index (χ0n) is 16.8. The van der Waals surface area contributed by atoms with E-state index in [1.54, 1.807) is 18.6 Å². The van der Waals surface area contributed by atoms with Gasteiger partial charge in [-0.15, -0.1) is 0 Å². The van der Waals surface area contributed by atoms with Gasteiger partial charge < -0.3 is 0 Å². The van der Waals surface area contributed by atoms with E-state index in [4.69, 9.17) is 9.97 Å². The molecule has 0 bridgehead atoms. The summed E-state index contributed by atoms with van der Waals surface area (Å²) < 4.78 is 1.96. The molecule has 0 amide bonds. The number of aromatic nitrogens is 4. The van der Waals surface area contributed by atoms with E-state index in [9.17, 15) is 0 Å². The van der Waals surface area contributed by atoms with Crippen LogP contribution in [0.5, 0.6) is 0 Å². The predicted molar refractivity (Wildman–Crippen MR) is 135 cm³/mol. The molecule has 0 radical (unpaired) electrons. The summed E-state index contributed by atoms with van der Waals surface area (Å²) in [5, 5.41) is 0. The van der Waals surface area contributed by atoms with Gasteiger partial charge in [-0.2, -0.15) is 0 Å². The van der Waals surface area contributed by atoms with Crippen molar-refractivity contribution >= 4 is 31.9 Å². The average molecular weight is 544 g/mol. The van der Waals surface area contributed by atoms with E-state index in [-0.39, 0.29) is 0 Å². The van der Waals surface area contributed by atoms with Crippen LogP contribution in [0.4, 0.5) is 0 Å². The third-order valence-corrected chi connectivity index (χ3v) is 5.90. The Balaban J connectivity index is 1.63. The van der Waals surface area contributed by atoms with Gasteiger partial charge in [-0.25, -0.2) is 9.97 Å². The summed E-state index contributed by atoms with van der Waals surface area (Å²) in [5.74, 6) is 0.637. The molecule has 4 nitrogen and oxygen atoms in total. The molecule has 0 aliphatic heterocycles. The summed E-state index contributed by atoms with van der Waals surface area (Å²) in [6.45, 7) is 0. The fraction of sp³-hybridized carbons (Fsp3) is 0. The second-order valence-electron chi connectivity index (χ2n) is 7.18. The van der Waals surface area contributed by atoms with Crippen LogP contribution in [-0.2, 0) is 0 Å². The smallest absolute Gasteiger partial charge is 0.161 e. The number of rotatable bonds is 4. The van der Waals surface area contributed by atoms with Gasteiger partial charge in [0.05, 0.1) is 11.4 Å². The first-order valence-corrected chi connectivity index (χ1v) is 11.5. The second-order valence-corrected chi connectivity index (χ2v) is 9.01. The minimum absolute atomic E-state index is 0.637. The highest BCUT2D eigenvalue weighted by Gasteiger charge is 2.12. The van der Waals surface area contributed by atoms with Crippen LogP contribution < -0.4 is 0 Å². The summed E-state index contributed by atoms with van der Waals surface area (Å²) in [5.41, 5.74) is 6.76. The summed E-state index contributed by atoms with van der Waals surface area (Å²) >= 11 is 7.16. The van der Waals surface area contributed by atoms with Gasteiger partial charge in [-0.05, 0) is 53.6 Å². The molecule has 0 aliphatic rings. The average Bonchev–Trinajstić information content (AvgIpc) is 2.84. The van der Waals surface area contributed by atoms with E-state index in [0.29, 0.717) is 5.82 Å². The van der Waals surface area contributed by atoms with Gasteiger partial charge in [0.1, 0.15) is 0 Å². The molecular weight excluding hydrogens is 528 g/mol. The standard InChI is InChI=1S/C26H16Br2N4/c27-22-11-21(12-23(28)13-22)25-14-24(31-26(32-25)20-4-2-10-30-16-20)18-7-5-17(6-8-18)19-3-1-9-29-15-19/h1-16H. The third-order valence-electron chi connectivity index (χ3n) is 4.98. The lowest BCUT2D eigenvalue weighted by atomic mass is 10.0. The first kappa shape index (κ1) is 20.7. The van der Waals surface area contributed by atoms with Crippen molar-refractivity contribution in [2.75, 3.05) is 0 Å². The van der Waals surface area contributed by atoms with E-state index in [1.807, 2.05) is 36.5 Å². The van der Waals surface area contributed by atoms with Crippen LogP contribution in [0.3, 0.4) is 0 Å². The number of nitrogens with zero attached hydrogens (tertiary/aromatic N) is 4. The minimum atomic E-state index is 0.637. The van der Waals surface area contributed by atoms with Crippen molar-refractivity contribution in [3.05, 3.63) is 107 Å². The van der Waals surface area contributed by atoms with Crippen molar-refractivity contribution in [3.63, 3.8) is 0 Å². The lowest BCUT2D eigenvalue weighted by molar-refractivity contribution is 1.17. The minimum Gasteiger partial charge on any atom is -0.264 e. The molecule has 3 heterocycles. The lowest BCUT2D eigenvalue weighted by Gasteiger charge is -2.10. The maximum Gasteiger partial charge on any atom is 0.161 e. The van der Waals surface area contributed by atoms with Crippen LogP contribution in [-0.4, -0.2) is 19.9 Å². The molecule has 0 fully saturated rings. The van der Waals surface area contributed by atoms with Gasteiger partial charge in [0, 0.05) is 50.4 Å². The van der Waals surface area contributed by atoms with Gasteiger partial charge in [0.2, 0.25) is 0 Å². The largest absolute Gasteiger partial charge is 0.264 e. The summed E-state index contributed by atoms with van der Waals surface area (Å²) in [6.07, 6.45) is 7.17. The monoisotopic (exact) mass is 542 g/mol. The SMILES string of the molecule is Brc1cc(Br)cc(-c2cc(-c3ccc(-c4cccnc4)cc3)nc(-c3cccnc3)n2)c1. The van der Waals surface area contributed by atoms with E-state index in [2.05, 4.69) is 84.3 Å². The highest BCUT2D eigenvalue weighted by Crippen LogP contribution is 2.31. The van der Waals surface area contributed by atoms with Crippen LogP contribution in [0, 0.1) is 0 Å². The molecule has 0 aliphatic carbocycles. The topological polar surface area (TPSA) is 51.6 Å². The summed E-state index contributed by atoms with van der Waals surface area (Å²) in [7, 11) is 0. The molecule has 6 heteroatoms. The molecule has 5 rings (SSSR count). The Morgan fingerprint density at radius 2 is 1.06 bits per heavy atom. The highest BCUT2D eigenvalue weighted by molar-refractivity contribution is 9.11. The van der Waals surface area contributed by atoms with Crippen LogP contribution in [0.1, 0.15) is 0 Å². The zero-order valence-corrected chi connectivity index (χ0v) is 20.0. The Morgan fingerprint density at radius 1 is 0.500 bits per heavy atom. The number of hydrogen-bond acceptors (Lipinski definition) is 4. The molecule has 5 aromatic rings. The number of pyridine rings is 2. The Hall–Kier alpha value is -3.22. The maximum atomic E-state index is 4.86. The van der Waals surface area contributed by atoms with Crippen LogP contribution >= 0.6 is 31.9 Å². The molecule has 0 saturated heterocycles. The molecular formula is C26H16Br2N4. The van der Waals surface area contributed by atoms with Gasteiger partial charge in [-0.3, -0.25) is 9.97 Å². The van der Waals surface area contributed by atoms with Crippen molar-refractivity contribution in [1.82, 2.24) is 19.9 Å². The Labute approximate surface area is 202 Å². The summed E-state index contributed by atoms with van der Waals surface area (Å²) in [6, 6.07) is 24.3. The predicted octanol–water partition coefficient (Wildman–Crippen LogP) is 7.46. The second kappa shape index (κ2) is 9.10. The molecule has 0 atom stereocenters. The zero-order chi connectivity index (χ0) is 21.9. The molecule has 0 saturated carbocycles. The van der Waals surface area contributed by atoms with Crippen molar-refractivity contribution in [3.8, 4) is 45.0 Å². The number of halogens is 2.